The van der Waals surface area contributed by atoms with Crippen molar-refractivity contribution in [1.82, 2.24) is 0 Å². The lowest BCUT2D eigenvalue weighted by atomic mass is 9.84. The maximum Gasteiger partial charge on any atom is 0.0389 e. The van der Waals surface area contributed by atoms with Gasteiger partial charge in [-0.05, 0) is 61.6 Å². The average molecular weight is 332 g/mol. The second-order valence-corrected chi connectivity index (χ2v) is 7.23. The third-order valence-electron chi connectivity index (χ3n) is 5.79. The van der Waals surface area contributed by atoms with Crippen LogP contribution in [0.15, 0.2) is 63.7 Å². The van der Waals surface area contributed by atoms with Crippen LogP contribution in [0, 0.1) is 0 Å². The molecule has 0 spiro atoms. The number of rotatable bonds is 5. The lowest BCUT2D eigenvalue weighted by molar-refractivity contribution is 0.810. The van der Waals surface area contributed by atoms with E-state index in [9.17, 15) is 0 Å². The molecular weight excluding hydrogens is 302 g/mol. The van der Waals surface area contributed by atoms with Gasteiger partial charge in [0, 0.05) is 24.2 Å². The summed E-state index contributed by atoms with van der Waals surface area (Å²) in [5, 5.41) is 2.60. The van der Waals surface area contributed by atoms with Gasteiger partial charge < -0.3 is 0 Å². The van der Waals surface area contributed by atoms with Crippen LogP contribution in [0.4, 0.5) is 0 Å². The van der Waals surface area contributed by atoms with Crippen molar-refractivity contribution < 1.29 is 0 Å². The van der Waals surface area contributed by atoms with Crippen LogP contribution >= 0.6 is 0 Å². The summed E-state index contributed by atoms with van der Waals surface area (Å²) >= 11 is 0. The Hall–Kier alpha value is -2.15. The molecule has 3 rings (SSSR count). The molecule has 25 heavy (non-hydrogen) atoms. The zero-order chi connectivity index (χ0) is 18.0. The fourth-order valence-electron chi connectivity index (χ4n) is 3.93. The van der Waals surface area contributed by atoms with Crippen LogP contribution in [0.3, 0.4) is 0 Å². The summed E-state index contributed by atoms with van der Waals surface area (Å²) in [6.07, 6.45) is 4.46. The van der Waals surface area contributed by atoms with Gasteiger partial charge in [-0.1, -0.05) is 60.9 Å². The highest BCUT2D eigenvalue weighted by molar-refractivity contribution is 6.01. The van der Waals surface area contributed by atoms with Crippen molar-refractivity contribution in [1.29, 1.82) is 0 Å². The summed E-state index contributed by atoms with van der Waals surface area (Å²) in [4.78, 5) is 4.74. The molecule has 0 N–H and O–H groups in total. The minimum absolute atomic E-state index is 0.386. The van der Waals surface area contributed by atoms with Crippen molar-refractivity contribution >= 4 is 17.0 Å². The number of aliphatic imine (C=N–C) groups is 1. The number of benzene rings is 2. The SMILES string of the molecule is CCCCN=Cc1c(C2C(C)=C(C)C(C)=C2C)ccc2ccccc12. The first-order chi connectivity index (χ1) is 12.1. The van der Waals surface area contributed by atoms with E-state index in [1.807, 2.05) is 0 Å². The smallest absolute Gasteiger partial charge is 0.0389 e. The molecule has 0 bridgehead atoms. The highest BCUT2D eigenvalue weighted by atomic mass is 14.7. The summed E-state index contributed by atoms with van der Waals surface area (Å²) in [6, 6.07) is 13.2. The van der Waals surface area contributed by atoms with Gasteiger partial charge in [-0.2, -0.15) is 0 Å². The second kappa shape index (κ2) is 7.39. The molecule has 2 aromatic carbocycles. The molecule has 0 unspecified atom stereocenters. The Labute approximate surface area is 152 Å². The van der Waals surface area contributed by atoms with E-state index < -0.39 is 0 Å². The first-order valence-corrected chi connectivity index (χ1v) is 9.42. The molecular formula is C24H29N. The molecule has 130 valence electrons. The van der Waals surface area contributed by atoms with Gasteiger partial charge in [-0.3, -0.25) is 4.99 Å². The zero-order valence-corrected chi connectivity index (χ0v) is 16.2. The van der Waals surface area contributed by atoms with Crippen molar-refractivity contribution in [2.45, 2.75) is 53.4 Å². The van der Waals surface area contributed by atoms with Gasteiger partial charge in [-0.25, -0.2) is 0 Å². The highest BCUT2D eigenvalue weighted by Crippen LogP contribution is 2.44. The summed E-state index contributed by atoms with van der Waals surface area (Å²) in [5.41, 5.74) is 8.54. The first kappa shape index (κ1) is 17.7. The van der Waals surface area contributed by atoms with E-state index in [4.69, 9.17) is 4.99 Å². The van der Waals surface area contributed by atoms with Crippen LogP contribution in [0.5, 0.6) is 0 Å². The van der Waals surface area contributed by atoms with Crippen molar-refractivity contribution in [3.63, 3.8) is 0 Å². The van der Waals surface area contributed by atoms with Crippen LogP contribution in [-0.2, 0) is 0 Å². The maximum absolute atomic E-state index is 4.74. The standard InChI is InChI=1S/C24H29N/c1-6-7-14-25-15-23-21-11-9-8-10-20(21)12-13-22(23)24-18(4)16(2)17(3)19(24)5/h8-13,15,24H,6-7,14H2,1-5H3. The molecule has 0 fully saturated rings. The maximum atomic E-state index is 4.74. The fraction of sp³-hybridized carbons (Fsp3) is 0.375. The molecule has 0 aliphatic heterocycles. The Bertz CT molecular complexity index is 856. The van der Waals surface area contributed by atoms with Gasteiger partial charge in [0.15, 0.2) is 0 Å². The lowest BCUT2D eigenvalue weighted by Gasteiger charge is -2.20. The van der Waals surface area contributed by atoms with Gasteiger partial charge in [0.25, 0.3) is 0 Å². The number of hydrogen-bond donors (Lipinski definition) is 0. The van der Waals surface area contributed by atoms with Crippen LogP contribution in [0.2, 0.25) is 0 Å². The quantitative estimate of drug-likeness (QED) is 0.420. The molecule has 2 aromatic rings. The summed E-state index contributed by atoms with van der Waals surface area (Å²) < 4.78 is 0. The lowest BCUT2D eigenvalue weighted by Crippen LogP contribution is -2.05. The first-order valence-electron chi connectivity index (χ1n) is 9.42. The molecule has 1 aliphatic rings. The number of allylic oxidation sites excluding steroid dienone is 4. The summed E-state index contributed by atoms with van der Waals surface area (Å²) in [6.45, 7) is 12.2. The predicted molar refractivity (Wildman–Crippen MR) is 111 cm³/mol. The minimum Gasteiger partial charge on any atom is -0.293 e. The van der Waals surface area contributed by atoms with Crippen molar-refractivity contribution in [3.05, 3.63) is 69.8 Å². The fourth-order valence-corrected chi connectivity index (χ4v) is 3.93. The van der Waals surface area contributed by atoms with Gasteiger partial charge in [0.2, 0.25) is 0 Å². The van der Waals surface area contributed by atoms with E-state index in [0.29, 0.717) is 5.92 Å². The molecule has 1 nitrogen and oxygen atoms in total. The highest BCUT2D eigenvalue weighted by Gasteiger charge is 2.27. The largest absolute Gasteiger partial charge is 0.293 e. The topological polar surface area (TPSA) is 12.4 Å². The Morgan fingerprint density at radius 2 is 1.60 bits per heavy atom. The molecule has 0 aromatic heterocycles. The Morgan fingerprint density at radius 1 is 0.920 bits per heavy atom. The second-order valence-electron chi connectivity index (χ2n) is 7.23. The number of nitrogens with zero attached hydrogens (tertiary/aromatic N) is 1. The molecule has 0 saturated carbocycles. The summed E-state index contributed by atoms with van der Waals surface area (Å²) in [7, 11) is 0. The molecule has 0 heterocycles. The molecule has 1 aliphatic carbocycles. The third kappa shape index (κ3) is 3.20. The van der Waals surface area contributed by atoms with E-state index in [1.165, 1.54) is 50.6 Å². The Balaban J connectivity index is 2.17. The zero-order valence-electron chi connectivity index (χ0n) is 16.2. The predicted octanol–water partition coefficient (Wildman–Crippen LogP) is 6.83. The van der Waals surface area contributed by atoms with E-state index in [-0.39, 0.29) is 0 Å². The number of fused-ring (bicyclic) bond motifs is 1. The third-order valence-corrected chi connectivity index (χ3v) is 5.79. The minimum atomic E-state index is 0.386. The number of hydrogen-bond acceptors (Lipinski definition) is 1. The van der Waals surface area contributed by atoms with Gasteiger partial charge in [0.05, 0.1) is 0 Å². The normalized spacial score (nSPS) is 16.0. The van der Waals surface area contributed by atoms with E-state index in [1.54, 1.807) is 0 Å². The van der Waals surface area contributed by atoms with Crippen molar-refractivity contribution in [2.75, 3.05) is 6.54 Å². The van der Waals surface area contributed by atoms with Crippen molar-refractivity contribution in [2.24, 2.45) is 4.99 Å². The monoisotopic (exact) mass is 331 g/mol. The van der Waals surface area contributed by atoms with Crippen LogP contribution in [0.1, 0.15) is 64.5 Å². The van der Waals surface area contributed by atoms with Gasteiger partial charge in [0.1, 0.15) is 0 Å². The molecule has 0 atom stereocenters. The molecule has 0 amide bonds. The van der Waals surface area contributed by atoms with E-state index in [2.05, 4.69) is 77.2 Å². The van der Waals surface area contributed by atoms with Gasteiger partial charge >= 0.3 is 0 Å². The van der Waals surface area contributed by atoms with E-state index in [0.717, 1.165) is 13.0 Å². The van der Waals surface area contributed by atoms with Crippen molar-refractivity contribution in [3.8, 4) is 0 Å². The van der Waals surface area contributed by atoms with Crippen LogP contribution < -0.4 is 0 Å². The molecule has 0 radical (unpaired) electrons. The van der Waals surface area contributed by atoms with Crippen LogP contribution in [-0.4, -0.2) is 12.8 Å². The molecule has 0 saturated heterocycles. The Kier molecular flexibility index (Phi) is 5.22. The summed E-state index contributed by atoms with van der Waals surface area (Å²) in [5.74, 6) is 0.386. The van der Waals surface area contributed by atoms with Gasteiger partial charge in [-0.15, -0.1) is 0 Å². The molecule has 1 heteroatoms. The van der Waals surface area contributed by atoms with Crippen LogP contribution in [0.25, 0.3) is 10.8 Å². The van der Waals surface area contributed by atoms with E-state index >= 15 is 0 Å². The Morgan fingerprint density at radius 3 is 2.28 bits per heavy atom. The average Bonchev–Trinajstić information content (AvgIpc) is 2.82. The number of unbranched alkanes of at least 4 members (excludes halogenated alkanes) is 1.